The molecule has 0 amide bonds. The number of nitrogens with zero attached hydrogens (tertiary/aromatic N) is 2. The molecule has 4 heteroatoms. The lowest BCUT2D eigenvalue weighted by molar-refractivity contribution is 0.199. The summed E-state index contributed by atoms with van der Waals surface area (Å²) in [5, 5.41) is 18.6. The number of anilines is 1. The fraction of sp³-hybridized carbons (Fsp3) is 0.643. The molecule has 1 unspecified atom stereocenters. The van der Waals surface area contributed by atoms with Crippen LogP contribution in [0.3, 0.4) is 0 Å². The monoisotopic (exact) mass is 250 g/mol. The molecule has 0 radical (unpaired) electrons. The van der Waals surface area contributed by atoms with Gasteiger partial charge in [0.1, 0.15) is 5.82 Å². The second-order valence-electron chi connectivity index (χ2n) is 4.98. The SMILES string of the molecule is CC(O)c1ccnc(N(CCCO)C2CCC2)c1. The van der Waals surface area contributed by atoms with Crippen molar-refractivity contribution in [3.05, 3.63) is 23.9 Å². The molecule has 100 valence electrons. The van der Waals surface area contributed by atoms with Gasteiger partial charge in [-0.25, -0.2) is 4.98 Å². The largest absolute Gasteiger partial charge is 0.396 e. The molecule has 1 heterocycles. The van der Waals surface area contributed by atoms with Crippen LogP contribution >= 0.6 is 0 Å². The van der Waals surface area contributed by atoms with Crippen LogP contribution in [0, 0.1) is 0 Å². The first kappa shape index (κ1) is 13.3. The smallest absolute Gasteiger partial charge is 0.129 e. The van der Waals surface area contributed by atoms with Gasteiger partial charge in [0.25, 0.3) is 0 Å². The molecule has 1 aromatic heterocycles. The minimum atomic E-state index is -0.465. The topological polar surface area (TPSA) is 56.6 Å². The second-order valence-corrected chi connectivity index (χ2v) is 4.98. The van der Waals surface area contributed by atoms with Crippen molar-refractivity contribution in [2.45, 2.75) is 44.8 Å². The first-order chi connectivity index (χ1) is 8.72. The van der Waals surface area contributed by atoms with Crippen LogP contribution in [0.1, 0.15) is 44.3 Å². The van der Waals surface area contributed by atoms with Crippen molar-refractivity contribution in [1.82, 2.24) is 4.98 Å². The van der Waals surface area contributed by atoms with Gasteiger partial charge in [0, 0.05) is 25.4 Å². The molecule has 1 saturated carbocycles. The summed E-state index contributed by atoms with van der Waals surface area (Å²) < 4.78 is 0. The molecule has 4 nitrogen and oxygen atoms in total. The summed E-state index contributed by atoms with van der Waals surface area (Å²) in [4.78, 5) is 6.68. The van der Waals surface area contributed by atoms with Gasteiger partial charge in [-0.2, -0.15) is 0 Å². The lowest BCUT2D eigenvalue weighted by Gasteiger charge is -2.38. The molecule has 0 bridgehead atoms. The summed E-state index contributed by atoms with van der Waals surface area (Å²) in [6.45, 7) is 2.80. The van der Waals surface area contributed by atoms with Crippen LogP contribution in [0.5, 0.6) is 0 Å². The minimum absolute atomic E-state index is 0.208. The molecule has 1 fully saturated rings. The Hall–Kier alpha value is -1.13. The molecule has 18 heavy (non-hydrogen) atoms. The fourth-order valence-electron chi connectivity index (χ4n) is 2.27. The predicted molar refractivity (Wildman–Crippen MR) is 71.6 cm³/mol. The Bertz CT molecular complexity index is 378. The normalized spacial score (nSPS) is 17.3. The van der Waals surface area contributed by atoms with E-state index >= 15 is 0 Å². The molecule has 0 aliphatic heterocycles. The van der Waals surface area contributed by atoms with Gasteiger partial charge in [0.15, 0.2) is 0 Å². The Balaban J connectivity index is 2.15. The molecule has 1 atom stereocenters. The van der Waals surface area contributed by atoms with Crippen molar-refractivity contribution >= 4 is 5.82 Å². The van der Waals surface area contributed by atoms with Crippen molar-refractivity contribution in [3.8, 4) is 0 Å². The third kappa shape index (κ3) is 3.00. The molecular formula is C14H22N2O2. The van der Waals surface area contributed by atoms with E-state index in [0.29, 0.717) is 6.04 Å². The number of aliphatic hydroxyl groups is 2. The van der Waals surface area contributed by atoms with E-state index in [-0.39, 0.29) is 6.61 Å². The Labute approximate surface area is 108 Å². The lowest BCUT2D eigenvalue weighted by Crippen LogP contribution is -2.41. The summed E-state index contributed by atoms with van der Waals surface area (Å²) in [6, 6.07) is 4.35. The Morgan fingerprint density at radius 1 is 1.50 bits per heavy atom. The summed E-state index contributed by atoms with van der Waals surface area (Å²) in [5.41, 5.74) is 0.897. The molecule has 0 saturated heterocycles. The predicted octanol–water partition coefficient (Wildman–Crippen LogP) is 1.88. The second kappa shape index (κ2) is 6.16. The molecule has 2 rings (SSSR count). The highest BCUT2D eigenvalue weighted by Crippen LogP contribution is 2.29. The van der Waals surface area contributed by atoms with Crippen LogP contribution in [0.25, 0.3) is 0 Å². The Kier molecular flexibility index (Phi) is 4.55. The van der Waals surface area contributed by atoms with Crippen LogP contribution < -0.4 is 4.90 Å². The molecule has 1 aliphatic rings. The minimum Gasteiger partial charge on any atom is -0.396 e. The van der Waals surface area contributed by atoms with E-state index in [0.717, 1.165) is 24.3 Å². The van der Waals surface area contributed by atoms with Crippen molar-refractivity contribution in [2.75, 3.05) is 18.1 Å². The maximum Gasteiger partial charge on any atom is 0.129 e. The van der Waals surface area contributed by atoms with Gasteiger partial charge in [0.2, 0.25) is 0 Å². The van der Waals surface area contributed by atoms with E-state index in [4.69, 9.17) is 5.11 Å². The molecule has 1 aromatic rings. The van der Waals surface area contributed by atoms with Crippen molar-refractivity contribution in [3.63, 3.8) is 0 Å². The van der Waals surface area contributed by atoms with E-state index in [1.165, 1.54) is 19.3 Å². The number of aliphatic hydroxyl groups excluding tert-OH is 2. The highest BCUT2D eigenvalue weighted by atomic mass is 16.3. The van der Waals surface area contributed by atoms with E-state index in [9.17, 15) is 5.11 Å². The summed E-state index contributed by atoms with van der Waals surface area (Å²) in [7, 11) is 0. The van der Waals surface area contributed by atoms with E-state index < -0.39 is 6.10 Å². The van der Waals surface area contributed by atoms with Gasteiger partial charge >= 0.3 is 0 Å². The average Bonchev–Trinajstić information content (AvgIpc) is 2.32. The van der Waals surface area contributed by atoms with E-state index in [1.54, 1.807) is 13.1 Å². The number of pyridine rings is 1. The number of rotatable bonds is 6. The highest BCUT2D eigenvalue weighted by Gasteiger charge is 2.25. The number of hydrogen-bond acceptors (Lipinski definition) is 4. The molecule has 0 aromatic carbocycles. The zero-order chi connectivity index (χ0) is 13.0. The standard InChI is InChI=1S/C14H22N2O2/c1-11(18)12-6-7-15-14(10-12)16(8-3-9-17)13-4-2-5-13/h6-7,10-11,13,17-18H,2-5,8-9H2,1H3. The molecule has 2 N–H and O–H groups in total. The third-order valence-electron chi connectivity index (χ3n) is 3.62. The number of aromatic nitrogens is 1. The van der Waals surface area contributed by atoms with Crippen molar-refractivity contribution < 1.29 is 10.2 Å². The van der Waals surface area contributed by atoms with Gasteiger partial charge in [-0.05, 0) is 50.3 Å². The maximum atomic E-state index is 9.63. The maximum absolute atomic E-state index is 9.63. The Morgan fingerprint density at radius 3 is 2.83 bits per heavy atom. The lowest BCUT2D eigenvalue weighted by atomic mass is 9.91. The summed E-state index contributed by atoms with van der Waals surface area (Å²) >= 11 is 0. The fourth-order valence-corrected chi connectivity index (χ4v) is 2.27. The van der Waals surface area contributed by atoms with Gasteiger partial charge in [-0.3, -0.25) is 0 Å². The highest BCUT2D eigenvalue weighted by molar-refractivity contribution is 5.43. The van der Waals surface area contributed by atoms with Gasteiger partial charge in [-0.1, -0.05) is 0 Å². The van der Waals surface area contributed by atoms with Crippen LogP contribution in [0.2, 0.25) is 0 Å². The van der Waals surface area contributed by atoms with Crippen LogP contribution in [0.4, 0.5) is 5.82 Å². The van der Waals surface area contributed by atoms with Gasteiger partial charge in [0.05, 0.1) is 6.10 Å². The molecular weight excluding hydrogens is 228 g/mol. The third-order valence-corrected chi connectivity index (χ3v) is 3.62. The van der Waals surface area contributed by atoms with Crippen molar-refractivity contribution in [1.29, 1.82) is 0 Å². The quantitative estimate of drug-likeness (QED) is 0.809. The van der Waals surface area contributed by atoms with Gasteiger partial charge in [-0.15, -0.1) is 0 Å². The zero-order valence-corrected chi connectivity index (χ0v) is 10.9. The van der Waals surface area contributed by atoms with Crippen LogP contribution in [-0.4, -0.2) is 34.4 Å². The Morgan fingerprint density at radius 2 is 2.28 bits per heavy atom. The average molecular weight is 250 g/mol. The zero-order valence-electron chi connectivity index (χ0n) is 10.9. The summed E-state index contributed by atoms with van der Waals surface area (Å²) in [5.74, 6) is 0.923. The molecule has 1 aliphatic carbocycles. The first-order valence-corrected chi connectivity index (χ1v) is 6.74. The first-order valence-electron chi connectivity index (χ1n) is 6.74. The van der Waals surface area contributed by atoms with Crippen LogP contribution in [-0.2, 0) is 0 Å². The summed E-state index contributed by atoms with van der Waals surface area (Å²) in [6.07, 6.45) is 5.72. The van der Waals surface area contributed by atoms with Crippen molar-refractivity contribution in [2.24, 2.45) is 0 Å². The molecule has 0 spiro atoms. The van der Waals surface area contributed by atoms with E-state index in [2.05, 4.69) is 9.88 Å². The van der Waals surface area contributed by atoms with E-state index in [1.807, 2.05) is 12.1 Å². The van der Waals surface area contributed by atoms with Crippen LogP contribution in [0.15, 0.2) is 18.3 Å². The number of hydrogen-bond donors (Lipinski definition) is 2. The van der Waals surface area contributed by atoms with Gasteiger partial charge < -0.3 is 15.1 Å².